The molecule has 40 heavy (non-hydrogen) atoms. The lowest BCUT2D eigenvalue weighted by molar-refractivity contribution is -0.122. The SMILES string of the molecule is CCCCCCCCCCCCN1C(=O)C(=Cc2c(C)c(C#N)c(=O)n(CC)c2N2CC(C)CC(C)C2)SC1=S. The molecule has 0 aliphatic carbocycles. The summed E-state index contributed by atoms with van der Waals surface area (Å²) in [5.41, 5.74) is 1.32. The quantitative estimate of drug-likeness (QED) is 0.127. The van der Waals surface area contributed by atoms with Crippen LogP contribution in [-0.4, -0.2) is 39.3 Å². The molecule has 220 valence electrons. The Hall–Kier alpha value is -2.11. The van der Waals surface area contributed by atoms with Gasteiger partial charge in [-0.2, -0.15) is 5.26 Å². The minimum Gasteiger partial charge on any atom is -0.357 e. The maximum Gasteiger partial charge on any atom is 0.270 e. The van der Waals surface area contributed by atoms with Crippen molar-refractivity contribution in [1.29, 1.82) is 5.26 Å². The lowest BCUT2D eigenvalue weighted by Crippen LogP contribution is -2.42. The first kappa shape index (κ1) is 32.4. The van der Waals surface area contributed by atoms with Gasteiger partial charge in [0, 0.05) is 31.7 Å². The van der Waals surface area contributed by atoms with Crippen LogP contribution in [0, 0.1) is 30.1 Å². The zero-order valence-corrected chi connectivity index (χ0v) is 26.9. The standard InChI is InChI=1S/C32H48N4O2S2/c1-6-8-9-10-11-12-13-14-15-16-17-36-31(38)28(40-32(36)39)19-26-25(5)27(20-33)30(37)35(7-2)29(26)34-21-23(3)18-24(4)22-34/h19,23-24H,6-18,21-22H2,1-5H3. The number of rotatable bonds is 14. The van der Waals surface area contributed by atoms with Crippen LogP contribution < -0.4 is 10.5 Å². The van der Waals surface area contributed by atoms with E-state index in [4.69, 9.17) is 12.2 Å². The molecule has 2 aliphatic rings. The van der Waals surface area contributed by atoms with Gasteiger partial charge in [0.25, 0.3) is 11.5 Å². The molecule has 0 N–H and O–H groups in total. The van der Waals surface area contributed by atoms with Crippen LogP contribution in [0.4, 0.5) is 5.82 Å². The van der Waals surface area contributed by atoms with Crippen LogP contribution in [-0.2, 0) is 11.3 Å². The molecule has 0 saturated carbocycles. The van der Waals surface area contributed by atoms with Gasteiger partial charge in [-0.1, -0.05) is 103 Å². The third-order valence-electron chi connectivity index (χ3n) is 8.22. The highest BCUT2D eigenvalue weighted by atomic mass is 32.2. The van der Waals surface area contributed by atoms with Crippen molar-refractivity contribution in [3.05, 3.63) is 31.9 Å². The molecule has 1 aromatic heterocycles. The summed E-state index contributed by atoms with van der Waals surface area (Å²) >= 11 is 6.96. The summed E-state index contributed by atoms with van der Waals surface area (Å²) in [6.45, 7) is 13.3. The number of aromatic nitrogens is 1. The molecule has 0 radical (unpaired) electrons. The molecule has 0 aromatic carbocycles. The fourth-order valence-electron chi connectivity index (χ4n) is 6.20. The van der Waals surface area contributed by atoms with Crippen molar-refractivity contribution < 1.29 is 4.79 Å². The summed E-state index contributed by atoms with van der Waals surface area (Å²) in [6.07, 6.45) is 15.5. The lowest BCUT2D eigenvalue weighted by atomic mass is 9.91. The number of pyridine rings is 1. The van der Waals surface area contributed by atoms with Crippen LogP contribution in [0.15, 0.2) is 9.70 Å². The van der Waals surface area contributed by atoms with Gasteiger partial charge < -0.3 is 4.90 Å². The molecule has 2 unspecified atom stereocenters. The van der Waals surface area contributed by atoms with Crippen molar-refractivity contribution >= 4 is 46.1 Å². The number of thiocarbonyl (C=S) groups is 1. The van der Waals surface area contributed by atoms with Crippen LogP contribution in [0.1, 0.15) is 115 Å². The van der Waals surface area contributed by atoms with Gasteiger partial charge in [0.1, 0.15) is 21.8 Å². The predicted molar refractivity (Wildman–Crippen MR) is 173 cm³/mol. The summed E-state index contributed by atoms with van der Waals surface area (Å²) < 4.78 is 2.31. The van der Waals surface area contributed by atoms with Gasteiger partial charge in [0.2, 0.25) is 0 Å². The summed E-state index contributed by atoms with van der Waals surface area (Å²) in [4.78, 5) is 31.4. The number of nitriles is 1. The zero-order chi connectivity index (χ0) is 29.2. The average Bonchev–Trinajstić information content (AvgIpc) is 3.18. The molecular formula is C32H48N4O2S2. The van der Waals surface area contributed by atoms with Crippen LogP contribution in [0.2, 0.25) is 0 Å². The van der Waals surface area contributed by atoms with Crippen molar-refractivity contribution in [2.75, 3.05) is 24.5 Å². The van der Waals surface area contributed by atoms with E-state index in [-0.39, 0.29) is 17.0 Å². The van der Waals surface area contributed by atoms with Gasteiger partial charge in [0.05, 0.1) is 4.91 Å². The fraction of sp³-hybridized carbons (Fsp3) is 0.688. The summed E-state index contributed by atoms with van der Waals surface area (Å²) in [7, 11) is 0. The minimum atomic E-state index is -0.256. The maximum atomic E-state index is 13.5. The first-order valence-corrected chi connectivity index (χ1v) is 16.6. The van der Waals surface area contributed by atoms with Gasteiger partial charge in [-0.25, -0.2) is 0 Å². The Morgan fingerprint density at radius 2 is 1.55 bits per heavy atom. The molecule has 2 fully saturated rings. The molecule has 1 amide bonds. The smallest absolute Gasteiger partial charge is 0.270 e. The molecule has 3 heterocycles. The van der Waals surface area contributed by atoms with Crippen LogP contribution >= 0.6 is 24.0 Å². The number of thioether (sulfide) groups is 1. The molecule has 2 aliphatic heterocycles. The van der Waals surface area contributed by atoms with Gasteiger partial charge in [-0.3, -0.25) is 19.1 Å². The number of carbonyl (C=O) groups is 1. The molecule has 0 bridgehead atoms. The van der Waals surface area contributed by atoms with Gasteiger partial charge in [-0.15, -0.1) is 0 Å². The number of carbonyl (C=O) groups excluding carboxylic acids is 1. The number of piperidine rings is 1. The van der Waals surface area contributed by atoms with E-state index < -0.39 is 0 Å². The van der Waals surface area contributed by atoms with Gasteiger partial charge in [0.15, 0.2) is 0 Å². The largest absolute Gasteiger partial charge is 0.357 e. The van der Waals surface area contributed by atoms with E-state index in [9.17, 15) is 14.9 Å². The summed E-state index contributed by atoms with van der Waals surface area (Å²) in [5, 5.41) is 9.85. The first-order valence-electron chi connectivity index (χ1n) is 15.4. The Morgan fingerprint density at radius 1 is 0.975 bits per heavy atom. The Bertz CT molecular complexity index is 1170. The van der Waals surface area contributed by atoms with E-state index in [0.29, 0.717) is 39.7 Å². The fourth-order valence-corrected chi connectivity index (χ4v) is 7.49. The van der Waals surface area contributed by atoms with Gasteiger partial charge >= 0.3 is 0 Å². The number of hydrogen-bond donors (Lipinski definition) is 0. The third kappa shape index (κ3) is 8.00. The van der Waals surface area contributed by atoms with E-state index >= 15 is 0 Å². The molecular weight excluding hydrogens is 537 g/mol. The minimum absolute atomic E-state index is 0.0654. The first-order chi connectivity index (χ1) is 19.2. The van der Waals surface area contributed by atoms with Crippen molar-refractivity contribution in [1.82, 2.24) is 9.47 Å². The van der Waals surface area contributed by atoms with E-state index in [1.165, 1.54) is 63.1 Å². The van der Waals surface area contributed by atoms with E-state index in [2.05, 4.69) is 31.7 Å². The molecule has 2 saturated heterocycles. The normalized spacial score (nSPS) is 20.6. The highest BCUT2D eigenvalue weighted by Crippen LogP contribution is 2.37. The Morgan fingerprint density at radius 3 is 2.10 bits per heavy atom. The van der Waals surface area contributed by atoms with Crippen molar-refractivity contribution in [3.8, 4) is 6.07 Å². The van der Waals surface area contributed by atoms with Crippen molar-refractivity contribution in [2.24, 2.45) is 11.8 Å². The molecule has 3 rings (SSSR count). The van der Waals surface area contributed by atoms with Crippen LogP contribution in [0.3, 0.4) is 0 Å². The van der Waals surface area contributed by atoms with E-state index in [0.717, 1.165) is 43.7 Å². The number of unbranched alkanes of at least 4 members (excludes halogenated alkanes) is 9. The summed E-state index contributed by atoms with van der Waals surface area (Å²) in [6, 6.07) is 2.13. The van der Waals surface area contributed by atoms with E-state index in [1.54, 1.807) is 9.47 Å². The second-order valence-corrected chi connectivity index (χ2v) is 13.4. The number of anilines is 1. The topological polar surface area (TPSA) is 69.3 Å². The maximum absolute atomic E-state index is 13.5. The average molecular weight is 585 g/mol. The second-order valence-electron chi connectivity index (χ2n) is 11.8. The monoisotopic (exact) mass is 584 g/mol. The third-order valence-corrected chi connectivity index (χ3v) is 9.59. The number of hydrogen-bond acceptors (Lipinski definition) is 6. The van der Waals surface area contributed by atoms with Crippen molar-refractivity contribution in [3.63, 3.8) is 0 Å². The number of amides is 1. The van der Waals surface area contributed by atoms with E-state index in [1.807, 2.05) is 19.9 Å². The van der Waals surface area contributed by atoms with Crippen LogP contribution in [0.25, 0.3) is 6.08 Å². The molecule has 6 nitrogen and oxygen atoms in total. The van der Waals surface area contributed by atoms with Gasteiger partial charge in [-0.05, 0) is 50.2 Å². The highest BCUT2D eigenvalue weighted by molar-refractivity contribution is 8.26. The molecule has 0 spiro atoms. The van der Waals surface area contributed by atoms with Crippen molar-refractivity contribution in [2.45, 2.75) is 112 Å². The predicted octanol–water partition coefficient (Wildman–Crippen LogP) is 7.65. The Balaban J connectivity index is 1.76. The lowest BCUT2D eigenvalue weighted by Gasteiger charge is -2.38. The second kappa shape index (κ2) is 15.8. The molecule has 8 heteroatoms. The Labute approximate surface area is 251 Å². The van der Waals surface area contributed by atoms with Crippen LogP contribution in [0.5, 0.6) is 0 Å². The highest BCUT2D eigenvalue weighted by Gasteiger charge is 2.33. The molecule has 1 aromatic rings. The number of nitrogens with zero attached hydrogens (tertiary/aromatic N) is 4. The summed E-state index contributed by atoms with van der Waals surface area (Å²) in [5.74, 6) is 1.74. The Kier molecular flexibility index (Phi) is 12.8. The zero-order valence-electron chi connectivity index (χ0n) is 25.3. The molecule has 2 atom stereocenters.